The highest BCUT2D eigenvalue weighted by Gasteiger charge is 2.16. The molecule has 2 heteroatoms. The van der Waals surface area contributed by atoms with Crippen LogP contribution in [0, 0.1) is 6.92 Å². The van der Waals surface area contributed by atoms with E-state index in [-0.39, 0.29) is 0 Å². The van der Waals surface area contributed by atoms with Crippen molar-refractivity contribution < 1.29 is 9.47 Å². The van der Waals surface area contributed by atoms with Crippen LogP contribution in [-0.4, -0.2) is 14.2 Å². The van der Waals surface area contributed by atoms with Crippen molar-refractivity contribution in [2.75, 3.05) is 14.2 Å². The van der Waals surface area contributed by atoms with Crippen LogP contribution in [0.4, 0.5) is 0 Å². The highest BCUT2D eigenvalue weighted by molar-refractivity contribution is 6.21. The first-order valence-electron chi connectivity index (χ1n) is 10.4. The molecule has 0 heterocycles. The van der Waals surface area contributed by atoms with Gasteiger partial charge in [0.2, 0.25) is 0 Å². The smallest absolute Gasteiger partial charge is 0.118 e. The lowest BCUT2D eigenvalue weighted by Crippen LogP contribution is -1.92. The molecule has 0 saturated heterocycles. The highest BCUT2D eigenvalue weighted by Crippen LogP contribution is 2.44. The third kappa shape index (κ3) is 3.30. The Hall–Kier alpha value is -3.78. The Bertz CT molecular complexity index is 1380. The van der Waals surface area contributed by atoms with Gasteiger partial charge >= 0.3 is 0 Å². The number of methoxy groups -OCH3 is 2. The SMILES string of the molecule is COc1ccc(-c2c3ccccc3c(-c3ccc(OC)cc3)c3cc(C)ccc23)cc1. The summed E-state index contributed by atoms with van der Waals surface area (Å²) in [6, 6.07) is 32.1. The number of fused-ring (bicyclic) bond motifs is 2. The van der Waals surface area contributed by atoms with Crippen molar-refractivity contribution in [2.45, 2.75) is 6.92 Å². The van der Waals surface area contributed by atoms with Crippen LogP contribution in [0.3, 0.4) is 0 Å². The van der Waals surface area contributed by atoms with Gasteiger partial charge in [0.15, 0.2) is 0 Å². The second kappa shape index (κ2) is 7.81. The predicted octanol–water partition coefficient (Wildman–Crippen LogP) is 7.65. The molecule has 0 unspecified atom stereocenters. The van der Waals surface area contributed by atoms with Crippen molar-refractivity contribution >= 4 is 21.5 Å². The predicted molar refractivity (Wildman–Crippen MR) is 130 cm³/mol. The Kier molecular flexibility index (Phi) is 4.83. The van der Waals surface area contributed by atoms with Crippen LogP contribution >= 0.6 is 0 Å². The zero-order valence-corrected chi connectivity index (χ0v) is 18.0. The van der Waals surface area contributed by atoms with Crippen LogP contribution < -0.4 is 9.47 Å². The van der Waals surface area contributed by atoms with Gasteiger partial charge < -0.3 is 9.47 Å². The van der Waals surface area contributed by atoms with Crippen LogP contribution in [0.1, 0.15) is 5.56 Å². The van der Waals surface area contributed by atoms with Gasteiger partial charge in [-0.1, -0.05) is 72.3 Å². The van der Waals surface area contributed by atoms with Gasteiger partial charge in [-0.15, -0.1) is 0 Å². The minimum Gasteiger partial charge on any atom is -0.497 e. The van der Waals surface area contributed by atoms with E-state index in [0.717, 1.165) is 11.5 Å². The van der Waals surface area contributed by atoms with E-state index in [4.69, 9.17) is 9.47 Å². The largest absolute Gasteiger partial charge is 0.497 e. The van der Waals surface area contributed by atoms with E-state index in [1.54, 1.807) is 14.2 Å². The summed E-state index contributed by atoms with van der Waals surface area (Å²) in [6.07, 6.45) is 0. The van der Waals surface area contributed by atoms with Crippen molar-refractivity contribution in [1.82, 2.24) is 0 Å². The summed E-state index contributed by atoms with van der Waals surface area (Å²) in [6.45, 7) is 2.15. The molecule has 0 spiro atoms. The minimum atomic E-state index is 0.864. The maximum absolute atomic E-state index is 5.38. The van der Waals surface area contributed by atoms with Crippen LogP contribution in [0.2, 0.25) is 0 Å². The van der Waals surface area contributed by atoms with Crippen molar-refractivity contribution in [3.8, 4) is 33.8 Å². The summed E-state index contributed by atoms with van der Waals surface area (Å²) < 4.78 is 10.8. The quantitative estimate of drug-likeness (QED) is 0.286. The van der Waals surface area contributed by atoms with Gasteiger partial charge in [-0.25, -0.2) is 0 Å². The molecule has 0 fully saturated rings. The van der Waals surface area contributed by atoms with Crippen molar-refractivity contribution in [2.24, 2.45) is 0 Å². The zero-order chi connectivity index (χ0) is 21.4. The van der Waals surface area contributed by atoms with Gasteiger partial charge in [0.1, 0.15) is 11.5 Å². The fourth-order valence-electron chi connectivity index (χ4n) is 4.43. The number of aryl methyl sites for hydroxylation is 1. The molecule has 0 aliphatic carbocycles. The maximum Gasteiger partial charge on any atom is 0.118 e. The molecule has 0 radical (unpaired) electrons. The summed E-state index contributed by atoms with van der Waals surface area (Å²) >= 11 is 0. The third-order valence-corrected chi connectivity index (χ3v) is 5.94. The second-order valence-electron chi connectivity index (χ2n) is 7.80. The maximum atomic E-state index is 5.38. The summed E-state index contributed by atoms with van der Waals surface area (Å²) in [5.41, 5.74) is 6.14. The summed E-state index contributed by atoms with van der Waals surface area (Å²) in [5, 5.41) is 5.00. The lowest BCUT2D eigenvalue weighted by molar-refractivity contribution is 0.415. The van der Waals surface area contributed by atoms with Gasteiger partial charge in [0.25, 0.3) is 0 Å². The Balaban J connectivity index is 1.90. The standard InChI is InChI=1S/C29H24O2/c1-19-8-17-26-27(18-19)29(21-11-15-23(31-3)16-12-21)25-7-5-4-6-24(25)28(26)20-9-13-22(30-2)14-10-20/h4-18H,1-3H3. The van der Waals surface area contributed by atoms with Crippen molar-refractivity contribution in [3.63, 3.8) is 0 Å². The summed E-state index contributed by atoms with van der Waals surface area (Å²) in [4.78, 5) is 0. The molecule has 5 aromatic rings. The molecule has 0 aromatic heterocycles. The van der Waals surface area contributed by atoms with E-state index in [2.05, 4.69) is 73.7 Å². The molecule has 0 atom stereocenters. The Morgan fingerprint density at radius 1 is 0.484 bits per heavy atom. The van der Waals surface area contributed by atoms with Crippen LogP contribution in [0.25, 0.3) is 43.8 Å². The van der Waals surface area contributed by atoms with Gasteiger partial charge in [0.05, 0.1) is 14.2 Å². The van der Waals surface area contributed by atoms with E-state index in [1.165, 1.54) is 49.4 Å². The van der Waals surface area contributed by atoms with Gasteiger partial charge in [-0.2, -0.15) is 0 Å². The topological polar surface area (TPSA) is 18.5 Å². The van der Waals surface area contributed by atoms with E-state index in [0.29, 0.717) is 0 Å². The Labute approximate surface area is 182 Å². The van der Waals surface area contributed by atoms with Crippen LogP contribution in [-0.2, 0) is 0 Å². The van der Waals surface area contributed by atoms with Gasteiger partial charge in [-0.3, -0.25) is 0 Å². The first kappa shape index (κ1) is 19.2. The highest BCUT2D eigenvalue weighted by atomic mass is 16.5. The van der Waals surface area contributed by atoms with Crippen LogP contribution in [0.15, 0.2) is 91.0 Å². The van der Waals surface area contributed by atoms with E-state index in [1.807, 2.05) is 24.3 Å². The molecule has 31 heavy (non-hydrogen) atoms. The second-order valence-corrected chi connectivity index (χ2v) is 7.80. The summed E-state index contributed by atoms with van der Waals surface area (Å²) in [5.74, 6) is 1.73. The molecule has 2 nitrogen and oxygen atoms in total. The monoisotopic (exact) mass is 404 g/mol. The molecule has 0 aliphatic heterocycles. The molecule has 0 aliphatic rings. The molecule has 5 rings (SSSR count). The number of hydrogen-bond acceptors (Lipinski definition) is 2. The van der Waals surface area contributed by atoms with E-state index in [9.17, 15) is 0 Å². The fraction of sp³-hybridized carbons (Fsp3) is 0.103. The Morgan fingerprint density at radius 3 is 1.42 bits per heavy atom. The molecule has 0 amide bonds. The number of benzene rings is 5. The zero-order valence-electron chi connectivity index (χ0n) is 18.0. The molecule has 5 aromatic carbocycles. The Morgan fingerprint density at radius 2 is 0.935 bits per heavy atom. The van der Waals surface area contributed by atoms with Gasteiger partial charge in [0, 0.05) is 0 Å². The first-order chi connectivity index (χ1) is 15.2. The molecular weight excluding hydrogens is 380 g/mol. The van der Waals surface area contributed by atoms with Crippen molar-refractivity contribution in [1.29, 1.82) is 0 Å². The lowest BCUT2D eigenvalue weighted by Gasteiger charge is -2.18. The number of ether oxygens (including phenoxy) is 2. The first-order valence-corrected chi connectivity index (χ1v) is 10.4. The molecule has 0 N–H and O–H groups in total. The average molecular weight is 405 g/mol. The van der Waals surface area contributed by atoms with Gasteiger partial charge in [-0.05, 0) is 75.0 Å². The third-order valence-electron chi connectivity index (χ3n) is 5.94. The fourth-order valence-corrected chi connectivity index (χ4v) is 4.43. The van der Waals surface area contributed by atoms with Crippen molar-refractivity contribution in [3.05, 3.63) is 96.6 Å². The molecule has 152 valence electrons. The minimum absolute atomic E-state index is 0.864. The normalized spacial score (nSPS) is 11.1. The lowest BCUT2D eigenvalue weighted by atomic mass is 9.85. The summed E-state index contributed by atoms with van der Waals surface area (Å²) in [7, 11) is 3.40. The molecular formula is C29H24O2. The average Bonchev–Trinajstić information content (AvgIpc) is 2.83. The number of rotatable bonds is 4. The van der Waals surface area contributed by atoms with E-state index >= 15 is 0 Å². The van der Waals surface area contributed by atoms with E-state index < -0.39 is 0 Å². The van der Waals surface area contributed by atoms with Crippen LogP contribution in [0.5, 0.6) is 11.5 Å². The molecule has 0 bridgehead atoms. The molecule has 0 saturated carbocycles. The number of hydrogen-bond donors (Lipinski definition) is 0.